The third kappa shape index (κ3) is 3.11. The standard InChI is InChI=1S/C15H16N2O3S/c1-19-12-5-3-2-4-11(12)10-13-14(18)16-15(21-13)17-6-8-20-9-7-17/h2-5,10H,6-9H2,1H3/b13-10+. The van der Waals surface area contributed by atoms with E-state index >= 15 is 0 Å². The zero-order valence-corrected chi connectivity index (χ0v) is 12.6. The summed E-state index contributed by atoms with van der Waals surface area (Å²) in [7, 11) is 1.62. The van der Waals surface area contributed by atoms with Crippen LogP contribution in [0.4, 0.5) is 0 Å². The van der Waals surface area contributed by atoms with Crippen LogP contribution in [0.25, 0.3) is 6.08 Å². The van der Waals surface area contributed by atoms with Gasteiger partial charge in [-0.25, -0.2) is 0 Å². The van der Waals surface area contributed by atoms with E-state index in [0.717, 1.165) is 29.6 Å². The highest BCUT2D eigenvalue weighted by atomic mass is 32.2. The predicted octanol–water partition coefficient (Wildman–Crippen LogP) is 2.00. The van der Waals surface area contributed by atoms with E-state index in [1.54, 1.807) is 7.11 Å². The Morgan fingerprint density at radius 2 is 2.10 bits per heavy atom. The summed E-state index contributed by atoms with van der Waals surface area (Å²) in [4.78, 5) is 18.9. The van der Waals surface area contributed by atoms with Crippen LogP contribution >= 0.6 is 11.8 Å². The van der Waals surface area contributed by atoms with Crippen LogP contribution in [0.15, 0.2) is 34.2 Å². The van der Waals surface area contributed by atoms with Crippen molar-refractivity contribution in [2.75, 3.05) is 33.4 Å². The lowest BCUT2D eigenvalue weighted by atomic mass is 10.2. The summed E-state index contributed by atoms with van der Waals surface area (Å²) in [5.74, 6) is 0.561. The molecule has 0 saturated carbocycles. The molecule has 0 atom stereocenters. The molecule has 0 spiro atoms. The summed E-state index contributed by atoms with van der Waals surface area (Å²) >= 11 is 1.42. The SMILES string of the molecule is COc1ccccc1/C=C1/SC(N2CCOCC2)=NC1=O. The number of amidine groups is 1. The van der Waals surface area contributed by atoms with E-state index in [9.17, 15) is 4.79 Å². The zero-order chi connectivity index (χ0) is 14.7. The van der Waals surface area contributed by atoms with E-state index in [0.29, 0.717) is 18.1 Å². The number of hydrogen-bond acceptors (Lipinski definition) is 5. The lowest BCUT2D eigenvalue weighted by Crippen LogP contribution is -2.38. The first-order valence-corrected chi connectivity index (χ1v) is 7.58. The number of amides is 1. The number of rotatable bonds is 2. The van der Waals surface area contributed by atoms with Gasteiger partial charge in [0.05, 0.1) is 25.2 Å². The van der Waals surface area contributed by atoms with Crippen molar-refractivity contribution in [1.29, 1.82) is 0 Å². The number of benzene rings is 1. The molecule has 5 nitrogen and oxygen atoms in total. The first kappa shape index (κ1) is 14.2. The van der Waals surface area contributed by atoms with Crippen LogP contribution < -0.4 is 4.74 Å². The van der Waals surface area contributed by atoms with Gasteiger partial charge in [0.1, 0.15) is 5.75 Å². The number of aliphatic imine (C=N–C) groups is 1. The fraction of sp³-hybridized carbons (Fsp3) is 0.333. The molecule has 0 radical (unpaired) electrons. The van der Waals surface area contributed by atoms with Gasteiger partial charge in [-0.1, -0.05) is 18.2 Å². The molecule has 1 aromatic rings. The second-order valence-electron chi connectivity index (χ2n) is 4.65. The number of methoxy groups -OCH3 is 1. The first-order chi connectivity index (χ1) is 10.3. The maximum Gasteiger partial charge on any atom is 0.286 e. The molecule has 1 amide bonds. The van der Waals surface area contributed by atoms with Crippen molar-refractivity contribution in [3.63, 3.8) is 0 Å². The second-order valence-corrected chi connectivity index (χ2v) is 5.66. The first-order valence-electron chi connectivity index (χ1n) is 6.76. The molecule has 2 aliphatic heterocycles. The van der Waals surface area contributed by atoms with Crippen molar-refractivity contribution in [1.82, 2.24) is 4.90 Å². The van der Waals surface area contributed by atoms with Crippen LogP contribution in [0.3, 0.4) is 0 Å². The maximum absolute atomic E-state index is 12.1. The summed E-state index contributed by atoms with van der Waals surface area (Å²) in [6.07, 6.45) is 1.84. The Bertz CT molecular complexity index is 607. The fourth-order valence-corrected chi connectivity index (χ4v) is 3.17. The highest BCUT2D eigenvalue weighted by Crippen LogP contribution is 2.32. The number of carbonyl (C=O) groups excluding carboxylic acids is 1. The third-order valence-electron chi connectivity index (χ3n) is 3.32. The van der Waals surface area contributed by atoms with E-state index in [-0.39, 0.29) is 5.91 Å². The van der Waals surface area contributed by atoms with Gasteiger partial charge < -0.3 is 14.4 Å². The quantitative estimate of drug-likeness (QED) is 0.782. The summed E-state index contributed by atoms with van der Waals surface area (Å²) in [5, 5.41) is 0.768. The average Bonchev–Trinajstić information content (AvgIpc) is 2.90. The molecule has 2 heterocycles. The van der Waals surface area contributed by atoms with Gasteiger partial charge in [-0.15, -0.1) is 0 Å². The lowest BCUT2D eigenvalue weighted by Gasteiger charge is -2.27. The molecule has 1 fully saturated rings. The Kier molecular flexibility index (Phi) is 4.26. The Labute approximate surface area is 127 Å². The number of carbonyl (C=O) groups is 1. The van der Waals surface area contributed by atoms with E-state index in [2.05, 4.69) is 9.89 Å². The minimum absolute atomic E-state index is 0.188. The number of nitrogens with zero attached hydrogens (tertiary/aromatic N) is 2. The molecule has 21 heavy (non-hydrogen) atoms. The van der Waals surface area contributed by atoms with E-state index in [4.69, 9.17) is 9.47 Å². The maximum atomic E-state index is 12.1. The summed E-state index contributed by atoms with van der Waals surface area (Å²) in [6.45, 7) is 2.92. The zero-order valence-electron chi connectivity index (χ0n) is 11.7. The van der Waals surface area contributed by atoms with Gasteiger partial charge in [0.15, 0.2) is 5.17 Å². The molecule has 110 valence electrons. The average molecular weight is 304 g/mol. The minimum atomic E-state index is -0.188. The van der Waals surface area contributed by atoms with E-state index in [1.807, 2.05) is 30.3 Å². The lowest BCUT2D eigenvalue weighted by molar-refractivity contribution is -0.113. The fourth-order valence-electron chi connectivity index (χ4n) is 2.21. The molecule has 2 aliphatic rings. The van der Waals surface area contributed by atoms with Crippen LogP contribution in [0.2, 0.25) is 0 Å². The van der Waals surface area contributed by atoms with Crippen LogP contribution in [0, 0.1) is 0 Å². The smallest absolute Gasteiger partial charge is 0.286 e. The van der Waals surface area contributed by atoms with Crippen LogP contribution in [0.1, 0.15) is 5.56 Å². The van der Waals surface area contributed by atoms with Crippen molar-refractivity contribution in [3.05, 3.63) is 34.7 Å². The second kappa shape index (κ2) is 6.32. The van der Waals surface area contributed by atoms with Gasteiger partial charge >= 0.3 is 0 Å². The van der Waals surface area contributed by atoms with E-state index < -0.39 is 0 Å². The summed E-state index contributed by atoms with van der Waals surface area (Å²) < 4.78 is 10.6. The van der Waals surface area contributed by atoms with Crippen LogP contribution in [-0.2, 0) is 9.53 Å². The van der Waals surface area contributed by atoms with Crippen molar-refractivity contribution >= 4 is 28.9 Å². The predicted molar refractivity (Wildman–Crippen MR) is 83.4 cm³/mol. The Balaban J connectivity index is 1.79. The monoisotopic (exact) mass is 304 g/mol. The molecule has 6 heteroatoms. The number of ether oxygens (including phenoxy) is 2. The molecular formula is C15H16N2O3S. The molecule has 1 saturated heterocycles. The normalized spacial score (nSPS) is 20.8. The number of para-hydroxylation sites is 1. The third-order valence-corrected chi connectivity index (χ3v) is 4.36. The van der Waals surface area contributed by atoms with Crippen LogP contribution in [-0.4, -0.2) is 49.4 Å². The summed E-state index contributed by atoms with van der Waals surface area (Å²) in [6, 6.07) is 7.62. The number of morpholine rings is 1. The van der Waals surface area contributed by atoms with Crippen molar-refractivity contribution in [2.24, 2.45) is 4.99 Å². The van der Waals surface area contributed by atoms with Crippen molar-refractivity contribution < 1.29 is 14.3 Å². The Hall–Kier alpha value is -1.79. The molecule has 0 aromatic heterocycles. The summed E-state index contributed by atoms with van der Waals surface area (Å²) in [5.41, 5.74) is 0.884. The molecule has 3 rings (SSSR count). The van der Waals surface area contributed by atoms with Gasteiger partial charge in [-0.3, -0.25) is 4.79 Å². The van der Waals surface area contributed by atoms with Crippen LogP contribution in [0.5, 0.6) is 5.75 Å². The Morgan fingerprint density at radius 1 is 1.33 bits per heavy atom. The Morgan fingerprint density at radius 3 is 2.86 bits per heavy atom. The molecule has 0 bridgehead atoms. The van der Waals surface area contributed by atoms with Gasteiger partial charge in [0.2, 0.25) is 0 Å². The number of thioether (sulfide) groups is 1. The van der Waals surface area contributed by atoms with Gasteiger partial charge in [-0.05, 0) is 23.9 Å². The largest absolute Gasteiger partial charge is 0.496 e. The molecule has 0 aliphatic carbocycles. The van der Waals surface area contributed by atoms with Crippen molar-refractivity contribution in [2.45, 2.75) is 0 Å². The van der Waals surface area contributed by atoms with Crippen molar-refractivity contribution in [3.8, 4) is 5.75 Å². The molecule has 0 unspecified atom stereocenters. The van der Waals surface area contributed by atoms with Gasteiger partial charge in [0.25, 0.3) is 5.91 Å². The minimum Gasteiger partial charge on any atom is -0.496 e. The highest BCUT2D eigenvalue weighted by molar-refractivity contribution is 8.18. The molecule has 0 N–H and O–H groups in total. The van der Waals surface area contributed by atoms with E-state index in [1.165, 1.54) is 11.8 Å². The van der Waals surface area contributed by atoms with Gasteiger partial charge in [0, 0.05) is 18.7 Å². The van der Waals surface area contributed by atoms with Gasteiger partial charge in [-0.2, -0.15) is 4.99 Å². The highest BCUT2D eigenvalue weighted by Gasteiger charge is 2.27. The topological polar surface area (TPSA) is 51.1 Å². The molecule has 1 aromatic carbocycles. The molecular weight excluding hydrogens is 288 g/mol. The number of hydrogen-bond donors (Lipinski definition) is 0.